The fourth-order valence-electron chi connectivity index (χ4n) is 6.08. The molecule has 0 heterocycles. The van der Waals surface area contributed by atoms with Gasteiger partial charge in [0.1, 0.15) is 0 Å². The van der Waals surface area contributed by atoms with Crippen LogP contribution in [-0.2, 0) is 107 Å². The zero-order valence-corrected chi connectivity index (χ0v) is 46.0. The van der Waals surface area contributed by atoms with Crippen LogP contribution in [0.2, 0.25) is 0 Å². The fourth-order valence-corrected chi connectivity index (χ4v) is 11.1. The Labute approximate surface area is 476 Å². The third kappa shape index (κ3) is 25.6. The molecule has 358 valence electrons. The summed E-state index contributed by atoms with van der Waals surface area (Å²) in [5, 5.41) is 7.05. The van der Waals surface area contributed by atoms with Crippen molar-refractivity contribution in [2.24, 2.45) is 0 Å². The van der Waals surface area contributed by atoms with Gasteiger partial charge in [-0.15, -0.1) is 31.8 Å². The molecule has 0 amide bonds. The van der Waals surface area contributed by atoms with Gasteiger partial charge < -0.3 is 4.57 Å². The second-order valence-corrected chi connectivity index (χ2v) is 18.6. The summed E-state index contributed by atoms with van der Waals surface area (Å²) in [6.45, 7) is 0. The second kappa shape index (κ2) is 42.8. The molecule has 0 saturated heterocycles. The molecule has 0 aliphatic heterocycles. The molecule has 9 heteroatoms. The molecule has 0 radical (unpaired) electrons. The minimum Gasteiger partial charge on any atom is -0.347 e. The fraction of sp³-hybridized carbons (Fsp3) is 0. The normalized spacial score (nSPS) is 8.94. The van der Waals surface area contributed by atoms with Gasteiger partial charge in [-0.05, 0) is 0 Å². The molecule has 0 aromatic heterocycles. The van der Waals surface area contributed by atoms with Crippen molar-refractivity contribution in [3.8, 4) is 0 Å². The quantitative estimate of drug-likeness (QED) is 0.0921. The SMILES string of the molecule is O=P([c-]1cccc1)([c-]1cccc1)[c-]1cccc1.[Fe+2].[Fe+2].[Fe+2].[Fe+2].[Fe+2].[Fe+2].c1cc[c-](P([c-]2cccc2)[c-]2cccc2)c1.c1cc[cH-]c1.c1cc[cH-]c1.c1cc[cH-]c1.c1cc[cH-]c1.c1cc[cH-]c1.c1cc[cH-]c1. The molecule has 12 aromatic rings. The topological polar surface area (TPSA) is 17.1 Å². The van der Waals surface area contributed by atoms with Crippen LogP contribution in [0, 0.1) is 0 Å². The van der Waals surface area contributed by atoms with Gasteiger partial charge in [-0.25, -0.2) is 146 Å². The monoisotopic (exact) mass is 1190 g/mol. The van der Waals surface area contributed by atoms with E-state index in [9.17, 15) is 4.57 Å². The molecular weight excluding hydrogens is 1130 g/mol. The van der Waals surface area contributed by atoms with Gasteiger partial charge in [0.05, 0.1) is 0 Å². The molecule has 0 saturated carbocycles. The van der Waals surface area contributed by atoms with Crippen molar-refractivity contribution in [2.75, 3.05) is 0 Å². The summed E-state index contributed by atoms with van der Waals surface area (Å²) >= 11 is 0. The van der Waals surface area contributed by atoms with Crippen molar-refractivity contribution in [3.63, 3.8) is 0 Å². The van der Waals surface area contributed by atoms with E-state index in [1.807, 2.05) is 255 Å². The predicted octanol–water partition coefficient (Wildman–Crippen LogP) is 13.5. The Morgan fingerprint density at radius 3 is 0.507 bits per heavy atom. The third-order valence-corrected chi connectivity index (χ3v) is 14.6. The Balaban J connectivity index is 0. The van der Waals surface area contributed by atoms with Crippen molar-refractivity contribution in [1.82, 2.24) is 0 Å². The van der Waals surface area contributed by atoms with Crippen LogP contribution in [0.15, 0.2) is 328 Å². The Bertz CT molecular complexity index is 2120. The summed E-state index contributed by atoms with van der Waals surface area (Å²) in [7, 11) is -2.97. The van der Waals surface area contributed by atoms with E-state index in [1.165, 1.54) is 15.9 Å². The first kappa shape index (κ1) is 67.1. The van der Waals surface area contributed by atoms with Gasteiger partial charge in [0.2, 0.25) is 0 Å². The molecule has 12 aromatic carbocycles. The molecule has 0 aliphatic rings. The van der Waals surface area contributed by atoms with E-state index in [2.05, 4.69) is 72.8 Å². The van der Waals surface area contributed by atoms with Crippen molar-refractivity contribution in [1.29, 1.82) is 0 Å². The predicted molar refractivity (Wildman–Crippen MR) is 277 cm³/mol. The van der Waals surface area contributed by atoms with E-state index < -0.39 is 7.14 Å². The average Bonchev–Trinajstić information content (AvgIpc) is 4.21. The Kier molecular flexibility index (Phi) is 41.6. The maximum absolute atomic E-state index is 13.4. The summed E-state index contributed by atoms with van der Waals surface area (Å²) in [6.07, 6.45) is 0. The zero-order chi connectivity index (χ0) is 43.7. The van der Waals surface area contributed by atoms with Crippen LogP contribution in [0.4, 0.5) is 0 Å². The van der Waals surface area contributed by atoms with Gasteiger partial charge in [-0.3, -0.25) is 0 Å². The number of hydrogen-bond donors (Lipinski definition) is 0. The van der Waals surface area contributed by atoms with Crippen LogP contribution in [-0.4, -0.2) is 0 Å². The van der Waals surface area contributed by atoms with Gasteiger partial charge in [0, 0.05) is 7.14 Å². The first-order chi connectivity index (χ1) is 31.3. The number of hydrogen-bond acceptors (Lipinski definition) is 1. The zero-order valence-electron chi connectivity index (χ0n) is 37.6. The van der Waals surface area contributed by atoms with Crippen LogP contribution in [0.1, 0.15) is 0 Å². The largest absolute Gasteiger partial charge is 2.00 e. The minimum atomic E-state index is -2.63. The molecule has 0 aliphatic carbocycles. The Morgan fingerprint density at radius 1 is 0.232 bits per heavy atom. The van der Waals surface area contributed by atoms with E-state index in [-0.39, 0.29) is 110 Å². The van der Waals surface area contributed by atoms with Crippen LogP contribution < -0.4 is 31.8 Å². The van der Waals surface area contributed by atoms with Crippen molar-refractivity contribution < 1.29 is 107 Å². The molecule has 0 spiro atoms. The van der Waals surface area contributed by atoms with E-state index >= 15 is 0 Å². The molecule has 0 N–H and O–H groups in total. The molecule has 0 bridgehead atoms. The molecule has 12 rings (SSSR count). The number of rotatable bonds is 6. The third-order valence-electron chi connectivity index (χ3n) is 9.07. The summed E-state index contributed by atoms with van der Waals surface area (Å²) in [4.78, 5) is 0. The molecule has 0 fully saturated rings. The minimum absolute atomic E-state index is 0. The molecule has 0 unspecified atom stereocenters. The van der Waals surface area contributed by atoms with Gasteiger partial charge >= 0.3 is 102 Å². The van der Waals surface area contributed by atoms with E-state index in [1.54, 1.807) is 0 Å². The van der Waals surface area contributed by atoms with E-state index in [0.29, 0.717) is 0 Å². The summed E-state index contributed by atoms with van der Waals surface area (Å²) in [6, 6.07) is 109. The van der Waals surface area contributed by atoms with Crippen LogP contribution in [0.3, 0.4) is 0 Å². The maximum Gasteiger partial charge on any atom is 2.00 e. The molecule has 0 atom stereocenters. The van der Waals surface area contributed by atoms with Crippen molar-refractivity contribution >= 4 is 46.9 Å². The summed E-state index contributed by atoms with van der Waals surface area (Å²) < 4.78 is 13.4. The molecule has 1 nitrogen and oxygen atoms in total. The second-order valence-electron chi connectivity index (χ2n) is 13.6. The van der Waals surface area contributed by atoms with Gasteiger partial charge in [-0.2, -0.15) is 190 Å². The van der Waals surface area contributed by atoms with E-state index in [0.717, 1.165) is 15.9 Å². The maximum atomic E-state index is 13.4. The van der Waals surface area contributed by atoms with Gasteiger partial charge in [0.25, 0.3) is 0 Å². The van der Waals surface area contributed by atoms with E-state index in [4.69, 9.17) is 0 Å². The van der Waals surface area contributed by atoms with Gasteiger partial charge in [-0.1, -0.05) is 0 Å². The molecular formula is C60H54Fe6OP2. The smallest absolute Gasteiger partial charge is 0.347 e. The summed E-state index contributed by atoms with van der Waals surface area (Å²) in [5.74, 6) is 0. The Hall–Kier alpha value is -4.02. The van der Waals surface area contributed by atoms with Crippen LogP contribution >= 0.6 is 15.1 Å². The van der Waals surface area contributed by atoms with Crippen molar-refractivity contribution in [3.05, 3.63) is 328 Å². The molecule has 69 heavy (non-hydrogen) atoms. The average molecular weight is 1190 g/mol. The standard InChI is InChI=1S/C15H12OP.C15H12P.6C5H5.6Fe/c16-17(13-7-1-2-8-13,14-9-3-4-10-14)15-11-5-6-12-15;1-2-8-13(7-1)16(14-9-3-4-10-14)15-11-5-6-12-15;6*1-2-4-5-3-1;;;;;;/h1-12H;1-12H;6*1-5H;;;;;;/q2*-3;6*-1;6*+2. The Morgan fingerprint density at radius 2 is 0.377 bits per heavy atom. The van der Waals surface area contributed by atoms with Crippen LogP contribution in [0.25, 0.3) is 0 Å². The van der Waals surface area contributed by atoms with Gasteiger partial charge in [0.15, 0.2) is 0 Å². The first-order valence-electron chi connectivity index (χ1n) is 21.0. The van der Waals surface area contributed by atoms with Crippen LogP contribution in [0.5, 0.6) is 0 Å². The first-order valence-corrected chi connectivity index (χ1v) is 24.0. The van der Waals surface area contributed by atoms with Crippen molar-refractivity contribution in [2.45, 2.75) is 0 Å². The summed E-state index contributed by atoms with van der Waals surface area (Å²) in [5.41, 5.74) is 0.